The van der Waals surface area contributed by atoms with Crippen LogP contribution in [0, 0.1) is 12.8 Å². The minimum absolute atomic E-state index is 0.536. The van der Waals surface area contributed by atoms with Crippen LogP contribution in [0.1, 0.15) is 62.0 Å². The maximum Gasteiger partial charge on any atom is 0.131 e. The third-order valence-corrected chi connectivity index (χ3v) is 4.11. The number of hydrogen-bond donors (Lipinski definition) is 1. The van der Waals surface area contributed by atoms with Gasteiger partial charge < -0.3 is 5.73 Å². The van der Waals surface area contributed by atoms with Crippen LogP contribution in [0.15, 0.2) is 6.20 Å². The summed E-state index contributed by atoms with van der Waals surface area (Å²) >= 11 is 0. The van der Waals surface area contributed by atoms with E-state index in [0.717, 1.165) is 23.0 Å². The summed E-state index contributed by atoms with van der Waals surface area (Å²) in [6.45, 7) is 4.86. The Morgan fingerprint density at radius 2 is 2.00 bits per heavy atom. The molecular formula is C14H23N3. The number of nitrogens with two attached hydrogens (primary N) is 1. The molecule has 0 bridgehead atoms. The van der Waals surface area contributed by atoms with Gasteiger partial charge in [0.15, 0.2) is 0 Å². The molecule has 0 saturated heterocycles. The molecule has 1 aromatic heterocycles. The van der Waals surface area contributed by atoms with Crippen molar-refractivity contribution in [1.82, 2.24) is 9.97 Å². The molecule has 17 heavy (non-hydrogen) atoms. The molecule has 1 aliphatic carbocycles. The topological polar surface area (TPSA) is 51.8 Å². The average Bonchev–Trinajstić information content (AvgIpc) is 2.39. The monoisotopic (exact) mass is 233 g/mol. The van der Waals surface area contributed by atoms with Gasteiger partial charge in [0, 0.05) is 29.9 Å². The van der Waals surface area contributed by atoms with Crippen molar-refractivity contribution < 1.29 is 0 Å². The largest absolute Gasteiger partial charge is 0.326 e. The van der Waals surface area contributed by atoms with Gasteiger partial charge in [-0.15, -0.1) is 0 Å². The number of hydrogen-bond acceptors (Lipinski definition) is 3. The molecule has 0 amide bonds. The third kappa shape index (κ3) is 2.83. The molecule has 3 nitrogen and oxygen atoms in total. The fourth-order valence-electron chi connectivity index (χ4n) is 2.74. The average molecular weight is 233 g/mol. The van der Waals surface area contributed by atoms with E-state index in [9.17, 15) is 0 Å². The molecule has 1 saturated carbocycles. The van der Waals surface area contributed by atoms with Crippen LogP contribution in [0.2, 0.25) is 0 Å². The SMILES string of the molecule is CCC1CCC(c2ncc(CN)c(C)n2)CC1. The van der Waals surface area contributed by atoms with Gasteiger partial charge in [-0.25, -0.2) is 9.97 Å². The van der Waals surface area contributed by atoms with Crippen LogP contribution < -0.4 is 5.73 Å². The van der Waals surface area contributed by atoms with E-state index in [2.05, 4.69) is 16.9 Å². The molecule has 0 aromatic carbocycles. The molecule has 1 heterocycles. The Morgan fingerprint density at radius 1 is 1.29 bits per heavy atom. The Kier molecular flexibility index (Phi) is 4.11. The van der Waals surface area contributed by atoms with Gasteiger partial charge in [0.25, 0.3) is 0 Å². The highest BCUT2D eigenvalue weighted by atomic mass is 14.9. The normalized spacial score (nSPS) is 24.9. The van der Waals surface area contributed by atoms with Crippen LogP contribution in [-0.2, 0) is 6.54 Å². The van der Waals surface area contributed by atoms with Gasteiger partial charge in [0.1, 0.15) is 5.82 Å². The summed E-state index contributed by atoms with van der Waals surface area (Å²) in [6.07, 6.45) is 8.40. The number of nitrogens with zero attached hydrogens (tertiary/aromatic N) is 2. The van der Waals surface area contributed by atoms with Crippen LogP contribution >= 0.6 is 0 Å². The zero-order valence-corrected chi connectivity index (χ0v) is 10.9. The molecule has 2 N–H and O–H groups in total. The van der Waals surface area contributed by atoms with Crippen molar-refractivity contribution in [3.8, 4) is 0 Å². The second-order valence-corrected chi connectivity index (χ2v) is 5.17. The minimum atomic E-state index is 0.536. The summed E-state index contributed by atoms with van der Waals surface area (Å²) in [5.41, 5.74) is 7.75. The van der Waals surface area contributed by atoms with Gasteiger partial charge in [0.05, 0.1) is 0 Å². The van der Waals surface area contributed by atoms with E-state index in [0.29, 0.717) is 12.5 Å². The number of rotatable bonds is 3. The molecule has 1 aliphatic rings. The Balaban J connectivity index is 2.06. The first kappa shape index (κ1) is 12.5. The van der Waals surface area contributed by atoms with Crippen molar-refractivity contribution in [1.29, 1.82) is 0 Å². The highest BCUT2D eigenvalue weighted by molar-refractivity contribution is 5.17. The highest BCUT2D eigenvalue weighted by Gasteiger charge is 2.23. The fourth-order valence-corrected chi connectivity index (χ4v) is 2.74. The Morgan fingerprint density at radius 3 is 2.53 bits per heavy atom. The molecule has 0 radical (unpaired) electrons. The van der Waals surface area contributed by atoms with Crippen molar-refractivity contribution in [2.24, 2.45) is 11.7 Å². The quantitative estimate of drug-likeness (QED) is 0.873. The molecule has 1 aromatic rings. The third-order valence-electron chi connectivity index (χ3n) is 4.11. The zero-order valence-electron chi connectivity index (χ0n) is 10.9. The van der Waals surface area contributed by atoms with Gasteiger partial charge in [-0.05, 0) is 38.5 Å². The summed E-state index contributed by atoms with van der Waals surface area (Å²) in [6, 6.07) is 0. The van der Waals surface area contributed by atoms with E-state index in [-0.39, 0.29) is 0 Å². The predicted molar refractivity (Wildman–Crippen MR) is 69.7 cm³/mol. The molecular weight excluding hydrogens is 210 g/mol. The van der Waals surface area contributed by atoms with Gasteiger partial charge in [-0.1, -0.05) is 13.3 Å². The smallest absolute Gasteiger partial charge is 0.131 e. The molecule has 2 rings (SSSR count). The predicted octanol–water partition coefficient (Wildman–Crippen LogP) is 2.93. The van der Waals surface area contributed by atoms with Gasteiger partial charge in [-0.3, -0.25) is 0 Å². The van der Waals surface area contributed by atoms with Gasteiger partial charge >= 0.3 is 0 Å². The van der Waals surface area contributed by atoms with E-state index in [1.165, 1.54) is 32.1 Å². The van der Waals surface area contributed by atoms with E-state index in [1.54, 1.807) is 0 Å². The summed E-state index contributed by atoms with van der Waals surface area (Å²) in [7, 11) is 0. The van der Waals surface area contributed by atoms with E-state index in [1.807, 2.05) is 13.1 Å². The zero-order chi connectivity index (χ0) is 12.3. The van der Waals surface area contributed by atoms with Gasteiger partial charge in [-0.2, -0.15) is 0 Å². The van der Waals surface area contributed by atoms with E-state index in [4.69, 9.17) is 5.73 Å². The summed E-state index contributed by atoms with van der Waals surface area (Å²) in [4.78, 5) is 9.12. The van der Waals surface area contributed by atoms with Crippen molar-refractivity contribution in [2.45, 2.75) is 58.4 Å². The molecule has 0 atom stereocenters. The minimum Gasteiger partial charge on any atom is -0.326 e. The number of aryl methyl sites for hydroxylation is 1. The first-order valence-electron chi connectivity index (χ1n) is 6.77. The lowest BCUT2D eigenvalue weighted by molar-refractivity contribution is 0.312. The van der Waals surface area contributed by atoms with E-state index >= 15 is 0 Å². The van der Waals surface area contributed by atoms with Crippen molar-refractivity contribution >= 4 is 0 Å². The molecule has 0 aliphatic heterocycles. The van der Waals surface area contributed by atoms with E-state index < -0.39 is 0 Å². The van der Waals surface area contributed by atoms with Crippen LogP contribution in [0.3, 0.4) is 0 Å². The first-order chi connectivity index (χ1) is 8.24. The van der Waals surface area contributed by atoms with Crippen molar-refractivity contribution in [3.05, 3.63) is 23.3 Å². The summed E-state index contributed by atoms with van der Waals surface area (Å²) in [5.74, 6) is 2.54. The van der Waals surface area contributed by atoms with Crippen LogP contribution in [0.25, 0.3) is 0 Å². The standard InChI is InChI=1S/C14H23N3/c1-3-11-4-6-12(7-5-11)14-16-9-13(8-15)10(2)17-14/h9,11-12H,3-8,15H2,1-2H3. The molecule has 0 spiro atoms. The van der Waals surface area contributed by atoms with Crippen LogP contribution in [0.5, 0.6) is 0 Å². The Hall–Kier alpha value is -0.960. The highest BCUT2D eigenvalue weighted by Crippen LogP contribution is 2.35. The summed E-state index contributed by atoms with van der Waals surface area (Å²) < 4.78 is 0. The lowest BCUT2D eigenvalue weighted by Gasteiger charge is -2.26. The molecule has 94 valence electrons. The molecule has 1 fully saturated rings. The lowest BCUT2D eigenvalue weighted by atomic mass is 9.80. The summed E-state index contributed by atoms with van der Waals surface area (Å²) in [5, 5.41) is 0. The van der Waals surface area contributed by atoms with Gasteiger partial charge in [0.2, 0.25) is 0 Å². The number of aromatic nitrogens is 2. The molecule has 3 heteroatoms. The Labute approximate surface area is 104 Å². The van der Waals surface area contributed by atoms with Crippen molar-refractivity contribution in [3.63, 3.8) is 0 Å². The van der Waals surface area contributed by atoms with Crippen LogP contribution in [-0.4, -0.2) is 9.97 Å². The maximum absolute atomic E-state index is 5.64. The van der Waals surface area contributed by atoms with Crippen LogP contribution in [0.4, 0.5) is 0 Å². The second-order valence-electron chi connectivity index (χ2n) is 5.17. The molecule has 0 unspecified atom stereocenters. The fraction of sp³-hybridized carbons (Fsp3) is 0.714. The first-order valence-corrected chi connectivity index (χ1v) is 6.77. The lowest BCUT2D eigenvalue weighted by Crippen LogP contribution is -2.16. The van der Waals surface area contributed by atoms with Crippen molar-refractivity contribution in [2.75, 3.05) is 0 Å². The Bertz CT molecular complexity index is 368. The second kappa shape index (κ2) is 5.58. The maximum atomic E-state index is 5.64.